The zero-order valence-corrected chi connectivity index (χ0v) is 22.0. The van der Waals surface area contributed by atoms with E-state index in [1.165, 1.54) is 23.1 Å². The highest BCUT2D eigenvalue weighted by Crippen LogP contribution is 2.35. The molecule has 0 aromatic heterocycles. The quantitative estimate of drug-likeness (QED) is 0.382. The molecule has 1 aromatic rings. The number of halogens is 3. The third-order valence-corrected chi connectivity index (χ3v) is 6.50. The number of rotatable bonds is 9. The van der Waals surface area contributed by atoms with Gasteiger partial charge in [-0.3, -0.25) is 14.6 Å². The molecular weight excluding hydrogens is 501 g/mol. The number of nitrogens with one attached hydrogen (secondary N) is 1. The first kappa shape index (κ1) is 29.2. The lowest BCUT2D eigenvalue weighted by Gasteiger charge is -2.40. The maximum atomic E-state index is 13.2. The molecule has 1 atom stereocenters. The number of benzene rings is 1. The second-order valence-corrected chi connectivity index (χ2v) is 9.74. The monoisotopic (exact) mass is 536 g/mol. The van der Waals surface area contributed by atoms with Gasteiger partial charge in [-0.1, -0.05) is 32.1 Å². The van der Waals surface area contributed by atoms with Crippen molar-refractivity contribution in [3.05, 3.63) is 59.3 Å². The van der Waals surface area contributed by atoms with E-state index >= 15 is 0 Å². The van der Waals surface area contributed by atoms with Crippen LogP contribution in [-0.4, -0.2) is 78.5 Å². The van der Waals surface area contributed by atoms with E-state index in [0.717, 1.165) is 12.1 Å². The van der Waals surface area contributed by atoms with Crippen molar-refractivity contribution in [2.24, 2.45) is 5.92 Å². The predicted octanol–water partition coefficient (Wildman–Crippen LogP) is 3.97. The Morgan fingerprint density at radius 2 is 1.79 bits per heavy atom. The zero-order valence-electron chi connectivity index (χ0n) is 22.0. The van der Waals surface area contributed by atoms with E-state index in [9.17, 15) is 27.6 Å². The van der Waals surface area contributed by atoms with Gasteiger partial charge in [-0.25, -0.2) is 9.59 Å². The fraction of sp³-hybridized carbons (Fsp3) is 0.519. The summed E-state index contributed by atoms with van der Waals surface area (Å²) in [6.45, 7) is 11.9. The van der Waals surface area contributed by atoms with Gasteiger partial charge in [0.1, 0.15) is 0 Å². The van der Waals surface area contributed by atoms with Gasteiger partial charge in [0.05, 0.1) is 23.8 Å². The largest absolute Gasteiger partial charge is 0.463 e. The van der Waals surface area contributed by atoms with Gasteiger partial charge in [-0.05, 0) is 30.5 Å². The van der Waals surface area contributed by atoms with Gasteiger partial charge in [-0.2, -0.15) is 13.2 Å². The number of carbonyl (C=O) groups excluding carboxylic acids is 3. The van der Waals surface area contributed by atoms with Crippen molar-refractivity contribution in [2.45, 2.75) is 39.4 Å². The zero-order chi connectivity index (χ0) is 28.0. The molecule has 2 aliphatic heterocycles. The number of urea groups is 1. The van der Waals surface area contributed by atoms with Crippen molar-refractivity contribution >= 4 is 17.9 Å². The third kappa shape index (κ3) is 6.94. The summed E-state index contributed by atoms with van der Waals surface area (Å²) in [4.78, 5) is 44.1. The molecule has 1 N–H and O–H groups in total. The van der Waals surface area contributed by atoms with Gasteiger partial charge in [0, 0.05) is 51.4 Å². The van der Waals surface area contributed by atoms with Gasteiger partial charge in [0.25, 0.3) is 0 Å². The van der Waals surface area contributed by atoms with Crippen molar-refractivity contribution in [3.8, 4) is 0 Å². The Bertz CT molecular complexity index is 1060. The van der Waals surface area contributed by atoms with Crippen LogP contribution < -0.4 is 5.32 Å². The van der Waals surface area contributed by atoms with Gasteiger partial charge >= 0.3 is 18.2 Å². The highest BCUT2D eigenvalue weighted by molar-refractivity contribution is 5.95. The smallest absolute Gasteiger partial charge is 0.416 e. The minimum Gasteiger partial charge on any atom is -0.463 e. The van der Waals surface area contributed by atoms with Crippen molar-refractivity contribution in [2.75, 3.05) is 45.9 Å². The highest BCUT2D eigenvalue weighted by atomic mass is 19.4. The fourth-order valence-corrected chi connectivity index (χ4v) is 4.61. The molecule has 2 aliphatic rings. The molecule has 0 saturated carbocycles. The summed E-state index contributed by atoms with van der Waals surface area (Å²) in [5, 5.41) is 2.75. The van der Waals surface area contributed by atoms with Crippen LogP contribution in [0.5, 0.6) is 0 Å². The van der Waals surface area contributed by atoms with E-state index in [-0.39, 0.29) is 37.1 Å². The average molecular weight is 537 g/mol. The van der Waals surface area contributed by atoms with Crippen LogP contribution in [0.2, 0.25) is 0 Å². The maximum Gasteiger partial charge on any atom is 0.416 e. The minimum absolute atomic E-state index is 0.0847. The van der Waals surface area contributed by atoms with E-state index in [1.807, 2.05) is 23.6 Å². The number of carbonyl (C=O) groups is 3. The van der Waals surface area contributed by atoms with Crippen LogP contribution in [0.1, 0.15) is 44.4 Å². The molecule has 208 valence electrons. The van der Waals surface area contributed by atoms with Crippen molar-refractivity contribution in [1.29, 1.82) is 0 Å². The van der Waals surface area contributed by atoms with Crippen LogP contribution in [0.15, 0.2) is 48.2 Å². The molecule has 1 unspecified atom stereocenters. The molecule has 0 aliphatic carbocycles. The molecule has 1 saturated heterocycles. The summed E-state index contributed by atoms with van der Waals surface area (Å²) in [5.74, 6) is -0.306. The maximum absolute atomic E-state index is 13.2. The molecule has 0 radical (unpaired) electrons. The Kier molecular flexibility index (Phi) is 9.59. The highest BCUT2D eigenvalue weighted by Gasteiger charge is 2.39. The minimum atomic E-state index is -4.52. The van der Waals surface area contributed by atoms with Gasteiger partial charge < -0.3 is 15.0 Å². The number of alkyl halides is 3. The summed E-state index contributed by atoms with van der Waals surface area (Å²) in [6.07, 6.45) is -2.51. The van der Waals surface area contributed by atoms with Crippen molar-refractivity contribution in [1.82, 2.24) is 20.0 Å². The second kappa shape index (κ2) is 12.5. The average Bonchev–Trinajstić information content (AvgIpc) is 2.85. The van der Waals surface area contributed by atoms with Crippen LogP contribution in [0.25, 0.3) is 0 Å². The standard InChI is InChI=1S/C27H35F3N4O4/c1-5-11-34-21(17-32-12-14-33(15-13-32)22(35)16-18(3)4)23(25(36)38-6-2)24(31-26(34)37)19-7-9-20(10-8-19)27(28,29)30/h5,7-10,18,24H,1,6,11-17H2,2-4H3,(H,31,37). The van der Waals surface area contributed by atoms with Crippen molar-refractivity contribution < 1.29 is 32.3 Å². The second-order valence-electron chi connectivity index (χ2n) is 9.74. The number of ether oxygens (including phenoxy) is 1. The lowest BCUT2D eigenvalue weighted by atomic mass is 9.93. The molecule has 3 amide bonds. The molecule has 11 heteroatoms. The first-order valence-corrected chi connectivity index (χ1v) is 12.7. The predicted molar refractivity (Wildman–Crippen MR) is 136 cm³/mol. The molecular formula is C27H35F3N4O4. The van der Waals surface area contributed by atoms with Gasteiger partial charge in [0.2, 0.25) is 5.91 Å². The van der Waals surface area contributed by atoms with Crippen LogP contribution in [-0.2, 0) is 20.5 Å². The van der Waals surface area contributed by atoms with Crippen LogP contribution in [0.4, 0.5) is 18.0 Å². The van der Waals surface area contributed by atoms with E-state index in [2.05, 4.69) is 11.9 Å². The molecule has 3 rings (SSSR count). The normalized spacial score (nSPS) is 19.0. The van der Waals surface area contributed by atoms with Gasteiger partial charge in [-0.15, -0.1) is 6.58 Å². The summed E-state index contributed by atoms with van der Waals surface area (Å²) in [5.41, 5.74) is 0.0584. The van der Waals surface area contributed by atoms with Crippen molar-refractivity contribution in [3.63, 3.8) is 0 Å². The van der Waals surface area contributed by atoms with E-state index < -0.39 is 29.8 Å². The SMILES string of the molecule is C=CCN1C(=O)NC(c2ccc(C(F)(F)F)cc2)C(C(=O)OCC)=C1CN1CCN(C(=O)CC(C)C)CC1. The molecule has 0 spiro atoms. The third-order valence-electron chi connectivity index (χ3n) is 6.50. The first-order chi connectivity index (χ1) is 18.0. The topological polar surface area (TPSA) is 82.2 Å². The Hall–Kier alpha value is -3.34. The molecule has 38 heavy (non-hydrogen) atoms. The Morgan fingerprint density at radius 3 is 2.32 bits per heavy atom. The van der Waals surface area contributed by atoms with E-state index in [4.69, 9.17) is 4.74 Å². The molecule has 8 nitrogen and oxygen atoms in total. The number of piperazine rings is 1. The Morgan fingerprint density at radius 1 is 1.16 bits per heavy atom. The Labute approximate surface area is 221 Å². The summed E-state index contributed by atoms with van der Waals surface area (Å²) < 4.78 is 44.7. The lowest BCUT2D eigenvalue weighted by Crippen LogP contribution is -2.54. The molecule has 2 heterocycles. The van der Waals surface area contributed by atoms with E-state index in [1.54, 1.807) is 6.92 Å². The lowest BCUT2D eigenvalue weighted by molar-refractivity contribution is -0.139. The fourth-order valence-electron chi connectivity index (χ4n) is 4.61. The number of esters is 1. The molecule has 1 aromatic carbocycles. The number of amides is 3. The number of hydrogen-bond acceptors (Lipinski definition) is 5. The van der Waals surface area contributed by atoms with Crippen LogP contribution in [0.3, 0.4) is 0 Å². The van der Waals surface area contributed by atoms with Crippen LogP contribution in [0, 0.1) is 5.92 Å². The number of hydrogen-bond donors (Lipinski definition) is 1. The first-order valence-electron chi connectivity index (χ1n) is 12.7. The number of nitrogens with zero attached hydrogens (tertiary/aromatic N) is 3. The summed E-state index contributed by atoms with van der Waals surface area (Å²) in [6, 6.07) is 2.87. The molecule has 1 fully saturated rings. The van der Waals surface area contributed by atoms with E-state index in [0.29, 0.717) is 43.9 Å². The Balaban J connectivity index is 1.96. The van der Waals surface area contributed by atoms with Crippen LogP contribution >= 0.6 is 0 Å². The molecule has 0 bridgehead atoms. The summed E-state index contributed by atoms with van der Waals surface area (Å²) in [7, 11) is 0. The van der Waals surface area contributed by atoms with Gasteiger partial charge in [0.15, 0.2) is 0 Å². The summed E-state index contributed by atoms with van der Waals surface area (Å²) >= 11 is 0.